The normalized spacial score (nSPS) is 30.1. The molecule has 18 heavy (non-hydrogen) atoms. The summed E-state index contributed by atoms with van der Waals surface area (Å²) in [6.45, 7) is 6.74. The van der Waals surface area contributed by atoms with Crippen molar-refractivity contribution >= 4 is 0 Å². The molecule has 1 aromatic rings. The predicted molar refractivity (Wildman–Crippen MR) is 74.7 cm³/mol. The molecule has 0 amide bonds. The minimum absolute atomic E-state index is 0.194. The highest BCUT2D eigenvalue weighted by Gasteiger charge is 2.31. The standard InChI is InChI=1S/C15H25N3/c1-10-7-8-13(9-11(10)2)15(18-16)14-6-4-5-12(3)17-14/h4-6,10-11,13,15,18H,7-9,16H2,1-3H3. The van der Waals surface area contributed by atoms with E-state index >= 15 is 0 Å². The van der Waals surface area contributed by atoms with Gasteiger partial charge in [0.1, 0.15) is 0 Å². The van der Waals surface area contributed by atoms with Crippen LogP contribution in [0.5, 0.6) is 0 Å². The topological polar surface area (TPSA) is 50.9 Å². The summed E-state index contributed by atoms with van der Waals surface area (Å²) in [6, 6.07) is 6.37. The van der Waals surface area contributed by atoms with E-state index in [4.69, 9.17) is 5.84 Å². The quantitative estimate of drug-likeness (QED) is 0.638. The molecule has 1 saturated carbocycles. The van der Waals surface area contributed by atoms with Crippen LogP contribution in [0.15, 0.2) is 18.2 Å². The Balaban J connectivity index is 2.14. The molecule has 1 fully saturated rings. The van der Waals surface area contributed by atoms with Crippen LogP contribution in [0.4, 0.5) is 0 Å². The predicted octanol–water partition coefficient (Wildman–Crippen LogP) is 2.97. The van der Waals surface area contributed by atoms with Crippen molar-refractivity contribution in [1.82, 2.24) is 10.4 Å². The van der Waals surface area contributed by atoms with Crippen LogP contribution in [0.25, 0.3) is 0 Å². The van der Waals surface area contributed by atoms with Gasteiger partial charge in [-0.25, -0.2) is 0 Å². The van der Waals surface area contributed by atoms with Crippen LogP contribution < -0.4 is 11.3 Å². The Kier molecular flexibility index (Phi) is 4.36. The second-order valence-corrected chi connectivity index (χ2v) is 5.88. The molecule has 3 heteroatoms. The molecule has 0 aliphatic heterocycles. The van der Waals surface area contributed by atoms with Gasteiger partial charge in [0.2, 0.25) is 0 Å². The summed E-state index contributed by atoms with van der Waals surface area (Å²) in [4.78, 5) is 4.62. The third-order valence-electron chi connectivity index (χ3n) is 4.52. The molecule has 4 unspecified atom stereocenters. The molecule has 2 rings (SSSR count). The molecule has 1 aliphatic carbocycles. The first-order valence-electron chi connectivity index (χ1n) is 7.01. The van der Waals surface area contributed by atoms with E-state index in [9.17, 15) is 0 Å². The SMILES string of the molecule is Cc1cccc(C(NN)C2CCC(C)C(C)C2)n1. The van der Waals surface area contributed by atoms with Crippen molar-refractivity contribution in [3.63, 3.8) is 0 Å². The van der Waals surface area contributed by atoms with Gasteiger partial charge in [0.05, 0.1) is 11.7 Å². The molecule has 1 heterocycles. The van der Waals surface area contributed by atoms with Gasteiger partial charge in [-0.1, -0.05) is 26.3 Å². The van der Waals surface area contributed by atoms with Gasteiger partial charge in [0, 0.05) is 5.69 Å². The van der Waals surface area contributed by atoms with Crippen molar-refractivity contribution < 1.29 is 0 Å². The van der Waals surface area contributed by atoms with E-state index in [-0.39, 0.29) is 6.04 Å². The summed E-state index contributed by atoms with van der Waals surface area (Å²) >= 11 is 0. The molecular formula is C15H25N3. The summed E-state index contributed by atoms with van der Waals surface area (Å²) < 4.78 is 0. The Morgan fingerprint density at radius 3 is 2.67 bits per heavy atom. The van der Waals surface area contributed by atoms with E-state index < -0.39 is 0 Å². The Morgan fingerprint density at radius 1 is 1.28 bits per heavy atom. The maximum atomic E-state index is 5.78. The molecule has 4 atom stereocenters. The third-order valence-corrected chi connectivity index (χ3v) is 4.52. The first kappa shape index (κ1) is 13.5. The minimum Gasteiger partial charge on any atom is -0.271 e. The fourth-order valence-electron chi connectivity index (χ4n) is 3.09. The van der Waals surface area contributed by atoms with Crippen LogP contribution in [0.2, 0.25) is 0 Å². The molecular weight excluding hydrogens is 222 g/mol. The molecule has 3 N–H and O–H groups in total. The molecule has 0 bridgehead atoms. The molecule has 100 valence electrons. The van der Waals surface area contributed by atoms with E-state index in [1.165, 1.54) is 19.3 Å². The van der Waals surface area contributed by atoms with Crippen LogP contribution in [-0.4, -0.2) is 4.98 Å². The molecule has 0 saturated heterocycles. The van der Waals surface area contributed by atoms with E-state index in [1.807, 2.05) is 13.0 Å². The fraction of sp³-hybridized carbons (Fsp3) is 0.667. The van der Waals surface area contributed by atoms with E-state index in [2.05, 4.69) is 36.4 Å². The van der Waals surface area contributed by atoms with Gasteiger partial charge in [0.15, 0.2) is 0 Å². The fourth-order valence-corrected chi connectivity index (χ4v) is 3.09. The largest absolute Gasteiger partial charge is 0.271 e. The van der Waals surface area contributed by atoms with Crippen molar-refractivity contribution in [1.29, 1.82) is 0 Å². The van der Waals surface area contributed by atoms with Crippen molar-refractivity contribution in [3.05, 3.63) is 29.6 Å². The number of rotatable bonds is 3. The highest BCUT2D eigenvalue weighted by atomic mass is 15.2. The zero-order chi connectivity index (χ0) is 13.1. The van der Waals surface area contributed by atoms with Crippen LogP contribution in [0.3, 0.4) is 0 Å². The summed E-state index contributed by atoms with van der Waals surface area (Å²) in [5.74, 6) is 8.00. The smallest absolute Gasteiger partial charge is 0.0660 e. The number of hydrogen-bond donors (Lipinski definition) is 2. The monoisotopic (exact) mass is 247 g/mol. The summed E-state index contributed by atoms with van der Waals surface area (Å²) in [7, 11) is 0. The van der Waals surface area contributed by atoms with Gasteiger partial charge in [0.25, 0.3) is 0 Å². The number of hydrogen-bond acceptors (Lipinski definition) is 3. The number of nitrogens with one attached hydrogen (secondary N) is 1. The lowest BCUT2D eigenvalue weighted by Gasteiger charge is -2.36. The maximum Gasteiger partial charge on any atom is 0.0660 e. The average Bonchev–Trinajstić information content (AvgIpc) is 2.35. The lowest BCUT2D eigenvalue weighted by Crippen LogP contribution is -2.37. The second-order valence-electron chi connectivity index (χ2n) is 5.88. The van der Waals surface area contributed by atoms with Crippen LogP contribution in [0, 0.1) is 24.7 Å². The van der Waals surface area contributed by atoms with Crippen LogP contribution in [0.1, 0.15) is 50.5 Å². The maximum absolute atomic E-state index is 5.78. The molecule has 3 nitrogen and oxygen atoms in total. The Labute approximate surface area is 110 Å². The van der Waals surface area contributed by atoms with Crippen LogP contribution >= 0.6 is 0 Å². The van der Waals surface area contributed by atoms with Gasteiger partial charge in [-0.2, -0.15) is 0 Å². The van der Waals surface area contributed by atoms with E-state index in [0.717, 1.165) is 23.2 Å². The first-order chi connectivity index (χ1) is 8.61. The number of aromatic nitrogens is 1. The summed E-state index contributed by atoms with van der Waals surface area (Å²) in [5, 5.41) is 0. The van der Waals surface area contributed by atoms with Crippen molar-refractivity contribution in [2.45, 2.75) is 46.1 Å². The Morgan fingerprint density at radius 2 is 2.06 bits per heavy atom. The molecule has 0 aromatic carbocycles. The molecule has 0 radical (unpaired) electrons. The van der Waals surface area contributed by atoms with Crippen molar-refractivity contribution in [2.75, 3.05) is 0 Å². The molecule has 1 aliphatic rings. The van der Waals surface area contributed by atoms with E-state index in [1.54, 1.807) is 0 Å². The zero-order valence-corrected chi connectivity index (χ0v) is 11.7. The number of hydrazine groups is 1. The number of nitrogens with zero attached hydrogens (tertiary/aromatic N) is 1. The first-order valence-corrected chi connectivity index (χ1v) is 7.01. The van der Waals surface area contributed by atoms with Crippen LogP contribution in [-0.2, 0) is 0 Å². The molecule has 0 spiro atoms. The van der Waals surface area contributed by atoms with Gasteiger partial charge in [-0.3, -0.25) is 16.3 Å². The molecule has 1 aromatic heterocycles. The Hall–Kier alpha value is -0.930. The highest BCUT2D eigenvalue weighted by molar-refractivity contribution is 5.14. The average molecular weight is 247 g/mol. The number of aryl methyl sites for hydroxylation is 1. The lowest BCUT2D eigenvalue weighted by atomic mass is 9.73. The highest BCUT2D eigenvalue weighted by Crippen LogP contribution is 2.39. The van der Waals surface area contributed by atoms with Gasteiger partial charge < -0.3 is 0 Å². The Bertz CT molecular complexity index is 391. The second kappa shape index (κ2) is 5.81. The van der Waals surface area contributed by atoms with Gasteiger partial charge >= 0.3 is 0 Å². The lowest BCUT2D eigenvalue weighted by molar-refractivity contribution is 0.169. The third kappa shape index (κ3) is 2.90. The number of nitrogens with two attached hydrogens (primary N) is 1. The number of pyridine rings is 1. The van der Waals surface area contributed by atoms with Crippen molar-refractivity contribution in [2.24, 2.45) is 23.6 Å². The summed E-state index contributed by atoms with van der Waals surface area (Å²) in [6.07, 6.45) is 3.79. The summed E-state index contributed by atoms with van der Waals surface area (Å²) in [5.41, 5.74) is 5.14. The van der Waals surface area contributed by atoms with Gasteiger partial charge in [-0.05, 0) is 49.7 Å². The van der Waals surface area contributed by atoms with Gasteiger partial charge in [-0.15, -0.1) is 0 Å². The van der Waals surface area contributed by atoms with E-state index in [0.29, 0.717) is 5.92 Å². The minimum atomic E-state index is 0.194. The van der Waals surface area contributed by atoms with Crippen molar-refractivity contribution in [3.8, 4) is 0 Å². The zero-order valence-electron chi connectivity index (χ0n) is 11.7.